The number of benzene rings is 1. The summed E-state index contributed by atoms with van der Waals surface area (Å²) in [6.07, 6.45) is -1.63. The van der Waals surface area contributed by atoms with Crippen LogP contribution in [-0.4, -0.2) is 33.1 Å². The van der Waals surface area contributed by atoms with Crippen molar-refractivity contribution in [2.75, 3.05) is 16.8 Å². The van der Waals surface area contributed by atoms with Crippen LogP contribution >= 0.6 is 0 Å². The smallest absolute Gasteiger partial charge is 0.319 e. The maximum Gasteiger partial charge on any atom is 0.416 e. The zero-order valence-electron chi connectivity index (χ0n) is 15.6. The van der Waals surface area contributed by atoms with E-state index >= 15 is 0 Å². The number of nitrogens with one attached hydrogen (secondary N) is 1. The number of alkyl halides is 3. The molecule has 0 saturated carbocycles. The number of fused-ring (bicyclic) bond motifs is 1. The molecular weight excluding hydrogens is 417 g/mol. The summed E-state index contributed by atoms with van der Waals surface area (Å²) >= 11 is 0. The summed E-state index contributed by atoms with van der Waals surface area (Å²) in [6, 6.07) is 7.01. The second-order valence-corrected chi connectivity index (χ2v) is 6.59. The number of halogens is 3. The highest BCUT2D eigenvalue weighted by Crippen LogP contribution is 2.34. The Bertz CT molecular complexity index is 1140. The van der Waals surface area contributed by atoms with Crippen molar-refractivity contribution >= 4 is 23.2 Å². The lowest BCUT2D eigenvalue weighted by molar-refractivity contribution is -0.137. The van der Waals surface area contributed by atoms with E-state index < -0.39 is 29.7 Å². The highest BCUT2D eigenvalue weighted by Gasteiger charge is 2.37. The Morgan fingerprint density at radius 3 is 2.52 bits per heavy atom. The molecule has 2 amide bonds. The highest BCUT2D eigenvalue weighted by molar-refractivity contribution is 6.13. The van der Waals surface area contributed by atoms with Gasteiger partial charge in [-0.2, -0.15) is 18.3 Å². The van der Waals surface area contributed by atoms with Crippen molar-refractivity contribution in [1.29, 1.82) is 0 Å². The van der Waals surface area contributed by atoms with Gasteiger partial charge in [-0.1, -0.05) is 0 Å². The molecule has 31 heavy (non-hydrogen) atoms. The first kappa shape index (κ1) is 20.2. The number of pyridine rings is 1. The first-order chi connectivity index (χ1) is 14.8. The van der Waals surface area contributed by atoms with Crippen molar-refractivity contribution in [3.8, 4) is 0 Å². The zero-order valence-corrected chi connectivity index (χ0v) is 15.6. The number of hydrogen-bond donors (Lipinski definition) is 1. The average molecular weight is 430 g/mol. The molecule has 9 nitrogen and oxygen atoms in total. The van der Waals surface area contributed by atoms with Crippen molar-refractivity contribution in [3.05, 3.63) is 76.7 Å². The standard InChI is InChI=1S/C19H13F3N6O3/c20-19(21,22)12-3-5-13(6-4-12)27-10-15(26-31)28-16(18(27)30)14(9-24-28)25-17(29)11-2-1-7-23-8-11/h1-9,15H,10H2,(H,25,29)/t15-/m1/s1. The molecule has 158 valence electrons. The summed E-state index contributed by atoms with van der Waals surface area (Å²) in [4.78, 5) is 41.8. The molecule has 0 aliphatic carbocycles. The number of aromatic nitrogens is 3. The molecule has 3 heterocycles. The fourth-order valence-corrected chi connectivity index (χ4v) is 3.17. The van der Waals surface area contributed by atoms with E-state index in [9.17, 15) is 27.7 Å². The maximum absolute atomic E-state index is 13.1. The summed E-state index contributed by atoms with van der Waals surface area (Å²) in [5.74, 6) is -1.21. The van der Waals surface area contributed by atoms with Crippen LogP contribution in [0.15, 0.2) is 60.2 Å². The van der Waals surface area contributed by atoms with Crippen LogP contribution in [0.1, 0.15) is 32.6 Å². The van der Waals surface area contributed by atoms with Crippen molar-refractivity contribution in [1.82, 2.24) is 14.8 Å². The topological polar surface area (TPSA) is 110 Å². The molecule has 0 radical (unpaired) electrons. The van der Waals surface area contributed by atoms with E-state index in [4.69, 9.17) is 0 Å². The second kappa shape index (κ2) is 7.63. The highest BCUT2D eigenvalue weighted by atomic mass is 19.4. The minimum absolute atomic E-state index is 0.0316. The fraction of sp³-hybridized carbons (Fsp3) is 0.158. The summed E-state index contributed by atoms with van der Waals surface area (Å²) in [6.45, 7) is -0.224. The number of amides is 2. The number of carbonyl (C=O) groups is 2. The number of rotatable bonds is 4. The summed E-state index contributed by atoms with van der Waals surface area (Å²) < 4.78 is 39.6. The third-order valence-electron chi connectivity index (χ3n) is 4.67. The second-order valence-electron chi connectivity index (χ2n) is 6.59. The van der Waals surface area contributed by atoms with E-state index in [1.807, 2.05) is 0 Å². The van der Waals surface area contributed by atoms with Crippen LogP contribution in [0.4, 0.5) is 24.5 Å². The Hall–Kier alpha value is -4.09. The third kappa shape index (κ3) is 3.74. The molecule has 1 aliphatic rings. The van der Waals surface area contributed by atoms with E-state index in [0.717, 1.165) is 33.8 Å². The van der Waals surface area contributed by atoms with Crippen LogP contribution in [0.2, 0.25) is 0 Å². The molecule has 12 heteroatoms. The number of carbonyl (C=O) groups excluding carboxylic acids is 2. The van der Waals surface area contributed by atoms with Gasteiger partial charge in [-0.15, -0.1) is 4.91 Å². The Kier molecular flexibility index (Phi) is 4.97. The van der Waals surface area contributed by atoms with Crippen molar-refractivity contribution in [2.45, 2.75) is 12.3 Å². The van der Waals surface area contributed by atoms with Crippen molar-refractivity contribution in [3.63, 3.8) is 0 Å². The average Bonchev–Trinajstić information content (AvgIpc) is 3.18. The van der Waals surface area contributed by atoms with Gasteiger partial charge in [0.25, 0.3) is 11.8 Å². The molecule has 4 rings (SSSR count). The molecule has 1 N–H and O–H groups in total. The molecule has 1 atom stereocenters. The SMILES string of the molecule is O=N[C@H]1CN(c2ccc(C(F)(F)F)cc2)C(=O)c2c(NC(=O)c3cccnc3)cnn21. The van der Waals surface area contributed by atoms with E-state index in [0.29, 0.717) is 0 Å². The number of hydrogen-bond acceptors (Lipinski definition) is 6. The van der Waals surface area contributed by atoms with Gasteiger partial charge in [-0.3, -0.25) is 14.6 Å². The van der Waals surface area contributed by atoms with E-state index in [1.165, 1.54) is 24.7 Å². The molecule has 0 fully saturated rings. The lowest BCUT2D eigenvalue weighted by atomic mass is 10.1. The number of anilines is 2. The number of nitroso groups, excluding NO2 is 1. The molecule has 2 aromatic heterocycles. The Morgan fingerprint density at radius 2 is 1.90 bits per heavy atom. The molecule has 1 aromatic carbocycles. The molecule has 0 saturated heterocycles. The molecule has 0 bridgehead atoms. The summed E-state index contributed by atoms with van der Waals surface area (Å²) in [5.41, 5.74) is -0.587. The Balaban J connectivity index is 1.67. The predicted molar refractivity (Wildman–Crippen MR) is 102 cm³/mol. The van der Waals surface area contributed by atoms with Crippen LogP contribution in [-0.2, 0) is 6.18 Å². The largest absolute Gasteiger partial charge is 0.416 e. The monoisotopic (exact) mass is 430 g/mol. The molecule has 0 spiro atoms. The quantitative estimate of drug-likeness (QED) is 0.638. The molecular formula is C19H13F3N6O3. The van der Waals surface area contributed by atoms with E-state index in [2.05, 4.69) is 20.6 Å². The van der Waals surface area contributed by atoms with Gasteiger partial charge < -0.3 is 10.2 Å². The lowest BCUT2D eigenvalue weighted by Crippen LogP contribution is -2.43. The van der Waals surface area contributed by atoms with Gasteiger partial charge in [0.05, 0.1) is 29.6 Å². The molecule has 3 aromatic rings. The molecule has 0 unspecified atom stereocenters. The number of nitrogens with zero attached hydrogens (tertiary/aromatic N) is 5. The van der Waals surface area contributed by atoms with Crippen LogP contribution in [0, 0.1) is 4.91 Å². The first-order valence-corrected chi connectivity index (χ1v) is 8.90. The fourth-order valence-electron chi connectivity index (χ4n) is 3.17. The minimum atomic E-state index is -4.53. The van der Waals surface area contributed by atoms with Gasteiger partial charge in [0.1, 0.15) is 0 Å². The predicted octanol–water partition coefficient (Wildman–Crippen LogP) is 3.47. The van der Waals surface area contributed by atoms with Crippen LogP contribution in [0.5, 0.6) is 0 Å². The van der Waals surface area contributed by atoms with Crippen molar-refractivity contribution in [2.24, 2.45) is 5.18 Å². The van der Waals surface area contributed by atoms with E-state index in [1.54, 1.807) is 6.07 Å². The van der Waals surface area contributed by atoms with Gasteiger partial charge in [-0.05, 0) is 41.6 Å². The van der Waals surface area contributed by atoms with Crippen LogP contribution in [0.25, 0.3) is 0 Å². The summed E-state index contributed by atoms with van der Waals surface area (Å²) in [5, 5.41) is 9.48. The van der Waals surface area contributed by atoms with Crippen LogP contribution < -0.4 is 10.2 Å². The van der Waals surface area contributed by atoms with Gasteiger partial charge in [-0.25, -0.2) is 4.68 Å². The Labute approximate surface area is 172 Å². The van der Waals surface area contributed by atoms with Gasteiger partial charge in [0.2, 0.25) is 6.17 Å². The minimum Gasteiger partial charge on any atom is -0.319 e. The third-order valence-corrected chi connectivity index (χ3v) is 4.67. The normalized spacial score (nSPS) is 16.0. The van der Waals surface area contributed by atoms with Gasteiger partial charge >= 0.3 is 6.18 Å². The van der Waals surface area contributed by atoms with Gasteiger partial charge in [0.15, 0.2) is 5.69 Å². The van der Waals surface area contributed by atoms with Crippen molar-refractivity contribution < 1.29 is 22.8 Å². The Morgan fingerprint density at radius 1 is 1.16 bits per heavy atom. The maximum atomic E-state index is 13.1. The van der Waals surface area contributed by atoms with E-state index in [-0.39, 0.29) is 29.2 Å². The van der Waals surface area contributed by atoms with Gasteiger partial charge in [0, 0.05) is 18.1 Å². The van der Waals surface area contributed by atoms with Crippen LogP contribution in [0.3, 0.4) is 0 Å². The molecule has 1 aliphatic heterocycles. The zero-order chi connectivity index (χ0) is 22.2. The lowest BCUT2D eigenvalue weighted by Gasteiger charge is -2.30. The first-order valence-electron chi connectivity index (χ1n) is 8.90. The summed E-state index contributed by atoms with van der Waals surface area (Å²) in [7, 11) is 0.